The Labute approximate surface area is 247 Å². The van der Waals surface area contributed by atoms with Crippen LogP contribution in [-0.2, 0) is 4.79 Å². The van der Waals surface area contributed by atoms with E-state index >= 15 is 0 Å². The van der Waals surface area contributed by atoms with Crippen molar-refractivity contribution in [1.82, 2.24) is 9.97 Å². The molecule has 0 saturated carbocycles. The van der Waals surface area contributed by atoms with E-state index in [1.807, 2.05) is 41.8 Å². The van der Waals surface area contributed by atoms with Gasteiger partial charge in [-0.15, -0.1) is 11.3 Å². The molecular formula is C30H28N6O3S2. The number of aromatic nitrogens is 2. The summed E-state index contributed by atoms with van der Waals surface area (Å²) in [7, 11) is 3.13. The summed E-state index contributed by atoms with van der Waals surface area (Å²) in [5.41, 5.74) is 10.2. The van der Waals surface area contributed by atoms with Gasteiger partial charge >= 0.3 is 0 Å². The molecule has 0 aliphatic rings. The van der Waals surface area contributed by atoms with Gasteiger partial charge in [-0.25, -0.2) is 9.97 Å². The third-order valence-corrected chi connectivity index (χ3v) is 8.20. The number of nitrogen functional groups attached to an aromatic ring is 1. The first-order chi connectivity index (χ1) is 19.7. The van der Waals surface area contributed by atoms with E-state index in [1.165, 1.54) is 11.3 Å². The van der Waals surface area contributed by atoms with Crippen LogP contribution >= 0.6 is 23.1 Å². The van der Waals surface area contributed by atoms with Crippen LogP contribution in [0.25, 0.3) is 22.4 Å². The highest BCUT2D eigenvalue weighted by molar-refractivity contribution is 8.00. The molecule has 0 fully saturated rings. The van der Waals surface area contributed by atoms with E-state index in [9.17, 15) is 15.3 Å². The fourth-order valence-electron chi connectivity index (χ4n) is 4.09. The number of carbonyl (C=O) groups excluding carboxylic acids is 1. The van der Waals surface area contributed by atoms with E-state index in [4.69, 9.17) is 15.2 Å². The lowest BCUT2D eigenvalue weighted by atomic mass is 9.94. The van der Waals surface area contributed by atoms with Gasteiger partial charge < -0.3 is 20.5 Å². The first-order valence-electron chi connectivity index (χ1n) is 12.6. The minimum atomic E-state index is -0.647. The van der Waals surface area contributed by atoms with Crippen LogP contribution in [0, 0.1) is 22.7 Å². The summed E-state index contributed by atoms with van der Waals surface area (Å²) in [6, 6.07) is 17.4. The molecule has 11 heteroatoms. The van der Waals surface area contributed by atoms with Crippen LogP contribution < -0.4 is 20.5 Å². The molecule has 1 amide bonds. The van der Waals surface area contributed by atoms with Gasteiger partial charge in [0.15, 0.2) is 16.6 Å². The first-order valence-corrected chi connectivity index (χ1v) is 14.4. The van der Waals surface area contributed by atoms with Gasteiger partial charge in [0.2, 0.25) is 5.91 Å². The standard InChI is InChI=1S/C30H28N6O3S2/c1-16(2)18-6-8-19(9-7-18)26-21(13-31)27(33)35-29(22(26)14-32)41-17(3)28(37)36-30-34-23(15-40-30)20-10-11-24(38-4)25(12-20)39-5/h6-12,15-17H,1-5H3,(H2,33,35)(H,34,36,37). The van der Waals surface area contributed by atoms with E-state index in [1.54, 1.807) is 27.2 Å². The lowest BCUT2D eigenvalue weighted by molar-refractivity contribution is -0.115. The Bertz CT molecular complexity index is 1670. The summed E-state index contributed by atoms with van der Waals surface area (Å²) in [6.07, 6.45) is 0. The molecule has 0 aliphatic carbocycles. The van der Waals surface area contributed by atoms with Gasteiger partial charge in [-0.1, -0.05) is 49.9 Å². The molecule has 208 valence electrons. The van der Waals surface area contributed by atoms with Crippen LogP contribution in [0.5, 0.6) is 11.5 Å². The average Bonchev–Trinajstić information content (AvgIpc) is 3.44. The predicted molar refractivity (Wildman–Crippen MR) is 162 cm³/mol. The normalized spacial score (nSPS) is 11.4. The maximum Gasteiger partial charge on any atom is 0.239 e. The Morgan fingerprint density at radius 3 is 2.24 bits per heavy atom. The molecule has 4 rings (SSSR count). The van der Waals surface area contributed by atoms with E-state index in [0.717, 1.165) is 22.9 Å². The van der Waals surface area contributed by atoms with Gasteiger partial charge in [0.05, 0.1) is 30.7 Å². The maximum atomic E-state index is 13.1. The smallest absolute Gasteiger partial charge is 0.239 e. The third-order valence-electron chi connectivity index (χ3n) is 6.35. The summed E-state index contributed by atoms with van der Waals surface area (Å²) >= 11 is 2.39. The van der Waals surface area contributed by atoms with Gasteiger partial charge in [0.25, 0.3) is 0 Å². The Morgan fingerprint density at radius 1 is 0.976 bits per heavy atom. The fraction of sp³-hybridized carbons (Fsp3) is 0.233. The number of hydrogen-bond donors (Lipinski definition) is 2. The highest BCUT2D eigenvalue weighted by atomic mass is 32.2. The Balaban J connectivity index is 1.57. The Hall–Kier alpha value is -4.58. The van der Waals surface area contributed by atoms with Gasteiger partial charge in [-0.2, -0.15) is 10.5 Å². The third kappa shape index (κ3) is 6.27. The summed E-state index contributed by atoms with van der Waals surface area (Å²) in [4.78, 5) is 22.0. The van der Waals surface area contributed by atoms with Crippen LogP contribution in [0.1, 0.15) is 43.4 Å². The summed E-state index contributed by atoms with van der Waals surface area (Å²) in [5.74, 6) is 1.20. The number of thiazole rings is 1. The van der Waals surface area contributed by atoms with Crippen molar-refractivity contribution in [2.45, 2.75) is 37.0 Å². The van der Waals surface area contributed by atoms with Crippen LogP contribution in [-0.4, -0.2) is 35.3 Å². The number of ether oxygens (including phenoxy) is 2. The molecule has 1 unspecified atom stereocenters. The highest BCUT2D eigenvalue weighted by Crippen LogP contribution is 2.38. The average molecular weight is 585 g/mol. The first kappa shape index (κ1) is 29.4. The summed E-state index contributed by atoms with van der Waals surface area (Å²) < 4.78 is 10.7. The van der Waals surface area contributed by atoms with Crippen molar-refractivity contribution in [2.24, 2.45) is 0 Å². The Kier molecular flexibility index (Phi) is 9.13. The molecule has 3 N–H and O–H groups in total. The molecule has 0 spiro atoms. The highest BCUT2D eigenvalue weighted by Gasteiger charge is 2.25. The quantitative estimate of drug-likeness (QED) is 0.212. The number of pyridine rings is 1. The number of nitrogens with two attached hydrogens (primary N) is 1. The summed E-state index contributed by atoms with van der Waals surface area (Å²) in [5, 5.41) is 24.6. The largest absolute Gasteiger partial charge is 0.493 e. The number of thioether (sulfide) groups is 1. The van der Waals surface area contributed by atoms with E-state index in [-0.39, 0.29) is 27.9 Å². The van der Waals surface area contributed by atoms with Crippen molar-refractivity contribution >= 4 is 40.0 Å². The number of carbonyl (C=O) groups is 1. The molecule has 9 nitrogen and oxygen atoms in total. The monoisotopic (exact) mass is 584 g/mol. The van der Waals surface area contributed by atoms with Crippen molar-refractivity contribution in [2.75, 3.05) is 25.3 Å². The number of amides is 1. The second-order valence-corrected chi connectivity index (χ2v) is 11.5. The number of nitriles is 2. The molecule has 0 aliphatic heterocycles. The minimum absolute atomic E-state index is 0.00373. The zero-order chi connectivity index (χ0) is 29.7. The molecule has 1 atom stereocenters. The van der Waals surface area contributed by atoms with Gasteiger partial charge in [0.1, 0.15) is 28.5 Å². The zero-order valence-electron chi connectivity index (χ0n) is 23.2. The zero-order valence-corrected chi connectivity index (χ0v) is 24.8. The van der Waals surface area contributed by atoms with Crippen LogP contribution in [0.3, 0.4) is 0 Å². The number of benzene rings is 2. The number of nitrogens with one attached hydrogen (secondary N) is 1. The van der Waals surface area contributed by atoms with Crippen LogP contribution in [0.4, 0.5) is 10.9 Å². The van der Waals surface area contributed by atoms with Crippen molar-refractivity contribution in [3.63, 3.8) is 0 Å². The van der Waals surface area contributed by atoms with E-state index in [0.29, 0.717) is 39.4 Å². The van der Waals surface area contributed by atoms with Crippen LogP contribution in [0.15, 0.2) is 52.9 Å². The van der Waals surface area contributed by atoms with Gasteiger partial charge in [0, 0.05) is 16.5 Å². The molecule has 2 aromatic heterocycles. The molecule has 0 saturated heterocycles. The molecule has 41 heavy (non-hydrogen) atoms. The number of hydrogen-bond acceptors (Lipinski definition) is 10. The lowest BCUT2D eigenvalue weighted by Gasteiger charge is -2.16. The maximum absolute atomic E-state index is 13.1. The van der Waals surface area contributed by atoms with Crippen molar-refractivity contribution in [3.05, 3.63) is 64.5 Å². The van der Waals surface area contributed by atoms with Crippen LogP contribution in [0.2, 0.25) is 0 Å². The molecule has 2 aromatic carbocycles. The van der Waals surface area contributed by atoms with E-state index in [2.05, 4.69) is 41.3 Å². The van der Waals surface area contributed by atoms with Crippen molar-refractivity contribution in [1.29, 1.82) is 10.5 Å². The minimum Gasteiger partial charge on any atom is -0.493 e. The molecule has 0 radical (unpaired) electrons. The summed E-state index contributed by atoms with van der Waals surface area (Å²) in [6.45, 7) is 5.88. The number of nitrogens with zero attached hydrogens (tertiary/aromatic N) is 4. The topological polar surface area (TPSA) is 147 Å². The van der Waals surface area contributed by atoms with E-state index < -0.39 is 5.25 Å². The number of rotatable bonds is 9. The molecule has 4 aromatic rings. The SMILES string of the molecule is COc1ccc(-c2csc(NC(=O)C(C)Sc3nc(N)c(C#N)c(-c4ccc(C(C)C)cc4)c3C#N)n2)cc1OC. The van der Waals surface area contributed by atoms with Gasteiger partial charge in [-0.3, -0.25) is 4.79 Å². The molecular weight excluding hydrogens is 557 g/mol. The predicted octanol–water partition coefficient (Wildman–Crippen LogP) is 6.46. The van der Waals surface area contributed by atoms with Crippen molar-refractivity contribution < 1.29 is 14.3 Å². The number of anilines is 2. The van der Waals surface area contributed by atoms with Gasteiger partial charge in [-0.05, 0) is 42.2 Å². The second kappa shape index (κ2) is 12.7. The lowest BCUT2D eigenvalue weighted by Crippen LogP contribution is -2.22. The van der Waals surface area contributed by atoms with Crippen molar-refractivity contribution in [3.8, 4) is 46.0 Å². The molecule has 2 heterocycles. The second-order valence-electron chi connectivity index (χ2n) is 9.28. The fourth-order valence-corrected chi connectivity index (χ4v) is 5.73. The Morgan fingerprint density at radius 2 is 1.63 bits per heavy atom. The number of methoxy groups -OCH3 is 2. The molecule has 0 bridgehead atoms.